The van der Waals surface area contributed by atoms with Crippen LogP contribution in [0.3, 0.4) is 0 Å². The fourth-order valence-corrected chi connectivity index (χ4v) is 4.26. The summed E-state index contributed by atoms with van der Waals surface area (Å²) in [7, 11) is 0. The molecular formula is C22H30N2S. The van der Waals surface area contributed by atoms with E-state index in [0.717, 1.165) is 16.7 Å². The number of thiocarbonyl (C=S) groups is 1. The molecule has 0 heterocycles. The molecule has 0 amide bonds. The maximum absolute atomic E-state index is 5.58. The van der Waals surface area contributed by atoms with Crippen molar-refractivity contribution in [1.82, 2.24) is 5.32 Å². The van der Waals surface area contributed by atoms with E-state index in [0.29, 0.717) is 11.5 Å². The molecule has 1 fully saturated rings. The Morgan fingerprint density at radius 1 is 1.04 bits per heavy atom. The lowest BCUT2D eigenvalue weighted by atomic mass is 9.69. The first-order valence-corrected chi connectivity index (χ1v) is 9.95. The van der Waals surface area contributed by atoms with Crippen LogP contribution in [0.15, 0.2) is 42.5 Å². The molecule has 0 radical (unpaired) electrons. The zero-order valence-corrected chi connectivity index (χ0v) is 16.5. The van der Waals surface area contributed by atoms with Crippen molar-refractivity contribution in [3.8, 4) is 0 Å². The second-order valence-corrected chi connectivity index (χ2v) is 8.42. The van der Waals surface area contributed by atoms with Crippen LogP contribution >= 0.6 is 12.2 Å². The summed E-state index contributed by atoms with van der Waals surface area (Å²) in [6.45, 7) is 7.14. The Morgan fingerprint density at radius 2 is 1.72 bits per heavy atom. The molecule has 3 heteroatoms. The Kier molecular flexibility index (Phi) is 5.63. The highest BCUT2D eigenvalue weighted by Gasteiger charge is 2.31. The number of anilines is 1. The second kappa shape index (κ2) is 7.74. The van der Waals surface area contributed by atoms with Gasteiger partial charge in [0.2, 0.25) is 0 Å². The normalized spacial score (nSPS) is 21.1. The number of hydrogen-bond donors (Lipinski definition) is 2. The van der Waals surface area contributed by atoms with E-state index in [2.05, 4.69) is 73.9 Å². The fourth-order valence-electron chi connectivity index (χ4n) is 3.99. The monoisotopic (exact) mass is 354 g/mol. The molecule has 0 bridgehead atoms. The molecule has 0 atom stereocenters. The molecule has 2 aromatic carbocycles. The average molecular weight is 355 g/mol. The quantitative estimate of drug-likeness (QED) is 0.647. The first-order valence-electron chi connectivity index (χ1n) is 9.55. The smallest absolute Gasteiger partial charge is 0.171 e. The molecule has 1 aliphatic carbocycles. The molecule has 2 nitrogen and oxygen atoms in total. The number of rotatable bonds is 4. The molecule has 0 aromatic heterocycles. The van der Waals surface area contributed by atoms with Gasteiger partial charge in [0.25, 0.3) is 0 Å². The molecule has 0 spiro atoms. The van der Waals surface area contributed by atoms with Crippen LogP contribution in [-0.2, 0) is 0 Å². The predicted octanol–water partition coefficient (Wildman–Crippen LogP) is 6.12. The Balaban J connectivity index is 1.57. The summed E-state index contributed by atoms with van der Waals surface area (Å²) in [5.74, 6) is 0.843. The van der Waals surface area contributed by atoms with Gasteiger partial charge in [0, 0.05) is 17.1 Å². The van der Waals surface area contributed by atoms with Gasteiger partial charge in [-0.25, -0.2) is 0 Å². The summed E-state index contributed by atoms with van der Waals surface area (Å²) in [4.78, 5) is 0. The van der Waals surface area contributed by atoms with Crippen LogP contribution in [0.4, 0.5) is 5.69 Å². The van der Waals surface area contributed by atoms with E-state index in [1.165, 1.54) is 42.9 Å². The minimum Gasteiger partial charge on any atom is -0.360 e. The van der Waals surface area contributed by atoms with Gasteiger partial charge >= 0.3 is 0 Å². The van der Waals surface area contributed by atoms with E-state index in [9.17, 15) is 0 Å². The number of hydrogen-bond acceptors (Lipinski definition) is 1. The van der Waals surface area contributed by atoms with Crippen molar-refractivity contribution >= 4 is 33.8 Å². The van der Waals surface area contributed by atoms with Gasteiger partial charge in [-0.3, -0.25) is 0 Å². The molecule has 2 N–H and O–H groups in total. The first kappa shape index (κ1) is 18.2. The van der Waals surface area contributed by atoms with Crippen LogP contribution in [0.25, 0.3) is 10.8 Å². The van der Waals surface area contributed by atoms with Crippen molar-refractivity contribution in [3.05, 3.63) is 42.5 Å². The van der Waals surface area contributed by atoms with Gasteiger partial charge in [-0.15, -0.1) is 0 Å². The van der Waals surface area contributed by atoms with Gasteiger partial charge in [0.05, 0.1) is 0 Å². The number of nitrogens with one attached hydrogen (secondary N) is 2. The Bertz CT molecular complexity index is 724. The highest BCUT2D eigenvalue weighted by atomic mass is 32.1. The Labute approximate surface area is 157 Å². The van der Waals surface area contributed by atoms with E-state index < -0.39 is 0 Å². The van der Waals surface area contributed by atoms with Crippen molar-refractivity contribution < 1.29 is 0 Å². The highest BCUT2D eigenvalue weighted by Crippen LogP contribution is 2.40. The highest BCUT2D eigenvalue weighted by molar-refractivity contribution is 7.80. The molecular weight excluding hydrogens is 324 g/mol. The summed E-state index contributed by atoms with van der Waals surface area (Å²) in [6, 6.07) is 15.2. The van der Waals surface area contributed by atoms with Crippen LogP contribution in [0.2, 0.25) is 0 Å². The lowest BCUT2D eigenvalue weighted by molar-refractivity contribution is 0.141. The third kappa shape index (κ3) is 4.33. The van der Waals surface area contributed by atoms with E-state index in [1.807, 2.05) is 0 Å². The van der Waals surface area contributed by atoms with E-state index >= 15 is 0 Å². The SMILES string of the molecule is CCC(C)(C)C1CCC(NC(=S)Nc2cccc3ccccc23)CC1. The lowest BCUT2D eigenvalue weighted by Crippen LogP contribution is -2.41. The minimum absolute atomic E-state index is 0.465. The van der Waals surface area contributed by atoms with Crippen molar-refractivity contribution in [2.45, 2.75) is 58.9 Å². The predicted molar refractivity (Wildman–Crippen MR) is 113 cm³/mol. The molecule has 134 valence electrons. The van der Waals surface area contributed by atoms with Gasteiger partial charge in [0.1, 0.15) is 0 Å². The van der Waals surface area contributed by atoms with Crippen LogP contribution in [0.1, 0.15) is 52.9 Å². The van der Waals surface area contributed by atoms with Gasteiger partial charge < -0.3 is 10.6 Å². The zero-order valence-electron chi connectivity index (χ0n) is 15.6. The minimum atomic E-state index is 0.465. The Hall–Kier alpha value is -1.61. The molecule has 25 heavy (non-hydrogen) atoms. The van der Waals surface area contributed by atoms with Gasteiger partial charge in [0.15, 0.2) is 5.11 Å². The molecule has 0 aliphatic heterocycles. The zero-order chi connectivity index (χ0) is 17.9. The standard InChI is InChI=1S/C22H30N2S/c1-4-22(2,3)17-12-14-18(15-13-17)23-21(25)24-20-11-7-9-16-8-5-6-10-19(16)20/h5-11,17-18H,4,12-15H2,1-3H3,(H2,23,24,25). The topological polar surface area (TPSA) is 24.1 Å². The largest absolute Gasteiger partial charge is 0.360 e. The van der Waals surface area contributed by atoms with Crippen LogP contribution in [-0.4, -0.2) is 11.2 Å². The second-order valence-electron chi connectivity index (χ2n) is 8.02. The summed E-state index contributed by atoms with van der Waals surface area (Å²) in [6.07, 6.45) is 6.29. The van der Waals surface area contributed by atoms with Crippen LogP contribution < -0.4 is 10.6 Å². The maximum atomic E-state index is 5.58. The number of fused-ring (bicyclic) bond motifs is 1. The van der Waals surface area contributed by atoms with Gasteiger partial charge in [-0.2, -0.15) is 0 Å². The average Bonchev–Trinajstić information content (AvgIpc) is 2.62. The Morgan fingerprint density at radius 3 is 2.44 bits per heavy atom. The molecule has 1 aliphatic rings. The molecule has 3 rings (SSSR count). The summed E-state index contributed by atoms with van der Waals surface area (Å²) >= 11 is 5.58. The third-order valence-electron chi connectivity index (χ3n) is 6.12. The third-order valence-corrected chi connectivity index (χ3v) is 6.34. The molecule has 0 unspecified atom stereocenters. The molecule has 0 saturated heterocycles. The fraction of sp³-hybridized carbons (Fsp3) is 0.500. The first-order chi connectivity index (χ1) is 12.0. The summed E-state index contributed by atoms with van der Waals surface area (Å²) in [5.41, 5.74) is 1.54. The van der Waals surface area contributed by atoms with E-state index in [-0.39, 0.29) is 0 Å². The van der Waals surface area contributed by atoms with Gasteiger partial charge in [-0.1, -0.05) is 63.6 Å². The van der Waals surface area contributed by atoms with E-state index in [1.54, 1.807) is 0 Å². The maximum Gasteiger partial charge on any atom is 0.171 e. The van der Waals surface area contributed by atoms with Crippen molar-refractivity contribution in [2.75, 3.05) is 5.32 Å². The molecule has 2 aromatic rings. The molecule has 1 saturated carbocycles. The van der Waals surface area contributed by atoms with E-state index in [4.69, 9.17) is 12.2 Å². The summed E-state index contributed by atoms with van der Waals surface area (Å²) in [5, 5.41) is 10.1. The van der Waals surface area contributed by atoms with Crippen LogP contribution in [0.5, 0.6) is 0 Å². The summed E-state index contributed by atoms with van der Waals surface area (Å²) < 4.78 is 0. The van der Waals surface area contributed by atoms with Crippen LogP contribution in [0, 0.1) is 11.3 Å². The van der Waals surface area contributed by atoms with Crippen molar-refractivity contribution in [3.63, 3.8) is 0 Å². The van der Waals surface area contributed by atoms with Crippen molar-refractivity contribution in [2.24, 2.45) is 11.3 Å². The lowest BCUT2D eigenvalue weighted by Gasteiger charge is -2.39. The van der Waals surface area contributed by atoms with Gasteiger partial charge in [-0.05, 0) is 60.7 Å². The number of benzene rings is 2. The van der Waals surface area contributed by atoms with Crippen molar-refractivity contribution in [1.29, 1.82) is 0 Å².